The van der Waals surface area contributed by atoms with E-state index in [9.17, 15) is 26.3 Å². The van der Waals surface area contributed by atoms with E-state index in [2.05, 4.69) is 10.00 Å². The predicted molar refractivity (Wildman–Crippen MR) is 103 cm³/mol. The molecule has 3 rings (SSSR count). The molecule has 0 saturated heterocycles. The first-order valence-electron chi connectivity index (χ1n) is 9.60. The highest BCUT2D eigenvalue weighted by atomic mass is 19.4. The van der Waals surface area contributed by atoms with Crippen LogP contribution in [-0.4, -0.2) is 68.9 Å². The second-order valence-electron chi connectivity index (χ2n) is 6.89. The Morgan fingerprint density at radius 2 is 1.74 bits per heavy atom. The Hall–Kier alpha value is -3.07. The molecule has 1 aliphatic heterocycles. The lowest BCUT2D eigenvalue weighted by Gasteiger charge is -2.32. The molecule has 1 unspecified atom stereocenters. The maximum Gasteiger partial charge on any atom is 0.490 e. The molecular formula is C19H23F6N3O6. The molecule has 1 aliphatic rings. The molecule has 0 radical (unpaired) electrons. The minimum absolute atomic E-state index is 0.376. The number of hydrogen-bond donors (Lipinski definition) is 2. The van der Waals surface area contributed by atoms with Crippen LogP contribution in [0.5, 0.6) is 0 Å². The zero-order valence-corrected chi connectivity index (χ0v) is 18.1. The third-order valence-corrected chi connectivity index (χ3v) is 4.29. The van der Waals surface area contributed by atoms with E-state index in [-0.39, 0.29) is 0 Å². The van der Waals surface area contributed by atoms with Crippen molar-refractivity contribution < 1.29 is 55.3 Å². The van der Waals surface area contributed by atoms with Gasteiger partial charge in [0.05, 0.1) is 25.6 Å². The van der Waals surface area contributed by atoms with E-state index < -0.39 is 24.3 Å². The first-order valence-corrected chi connectivity index (χ1v) is 9.60. The number of carboxylic acid groups (broad SMARTS) is 2. The van der Waals surface area contributed by atoms with Crippen molar-refractivity contribution in [2.24, 2.45) is 7.05 Å². The lowest BCUT2D eigenvalue weighted by molar-refractivity contribution is -0.193. The molecule has 0 spiro atoms. The normalized spacial score (nSPS) is 15.9. The summed E-state index contributed by atoms with van der Waals surface area (Å²) < 4.78 is 76.6. The minimum atomic E-state index is -5.08. The van der Waals surface area contributed by atoms with Crippen LogP contribution in [0.4, 0.5) is 26.3 Å². The first kappa shape index (κ1) is 29.0. The first-order chi connectivity index (χ1) is 15.7. The molecule has 34 heavy (non-hydrogen) atoms. The average Bonchev–Trinajstić information content (AvgIpc) is 3.35. The second kappa shape index (κ2) is 12.4. The van der Waals surface area contributed by atoms with Crippen molar-refractivity contribution in [3.8, 4) is 0 Å². The molecule has 0 aromatic carbocycles. The van der Waals surface area contributed by atoms with Crippen LogP contribution >= 0.6 is 0 Å². The summed E-state index contributed by atoms with van der Waals surface area (Å²) in [5, 5.41) is 18.6. The topological polar surface area (TPSA) is 118 Å². The van der Waals surface area contributed by atoms with Gasteiger partial charge in [-0.15, -0.1) is 0 Å². The van der Waals surface area contributed by atoms with Gasteiger partial charge < -0.3 is 19.4 Å². The fourth-order valence-corrected chi connectivity index (χ4v) is 2.98. The molecule has 0 amide bonds. The number of aromatic nitrogens is 2. The van der Waals surface area contributed by atoms with Gasteiger partial charge in [0.15, 0.2) is 0 Å². The van der Waals surface area contributed by atoms with Crippen molar-refractivity contribution in [2.75, 3.05) is 19.8 Å². The smallest absolute Gasteiger partial charge is 0.475 e. The Morgan fingerprint density at radius 1 is 1.18 bits per heavy atom. The fourth-order valence-electron chi connectivity index (χ4n) is 2.98. The van der Waals surface area contributed by atoms with Gasteiger partial charge in [-0.2, -0.15) is 31.4 Å². The van der Waals surface area contributed by atoms with Gasteiger partial charge in [-0.1, -0.05) is 0 Å². The van der Waals surface area contributed by atoms with Gasteiger partial charge in [-0.3, -0.25) is 9.58 Å². The molecule has 0 bridgehead atoms. The van der Waals surface area contributed by atoms with Crippen LogP contribution in [0.15, 0.2) is 29.0 Å². The third kappa shape index (κ3) is 9.43. The van der Waals surface area contributed by atoms with Crippen LogP contribution in [0.25, 0.3) is 0 Å². The Bertz CT molecular complexity index is 887. The number of aliphatic carboxylic acids is 2. The van der Waals surface area contributed by atoms with Gasteiger partial charge in [-0.05, 0) is 19.1 Å². The molecule has 192 valence electrons. The van der Waals surface area contributed by atoms with Gasteiger partial charge in [0, 0.05) is 43.9 Å². The van der Waals surface area contributed by atoms with E-state index in [0.29, 0.717) is 5.92 Å². The van der Waals surface area contributed by atoms with Crippen LogP contribution < -0.4 is 0 Å². The number of hydrogen-bond acceptors (Lipinski definition) is 6. The molecule has 15 heteroatoms. The molecule has 1 atom stereocenters. The Morgan fingerprint density at radius 3 is 2.18 bits per heavy atom. The van der Waals surface area contributed by atoms with Crippen LogP contribution in [0, 0.1) is 0 Å². The van der Waals surface area contributed by atoms with Crippen LogP contribution in [0.3, 0.4) is 0 Å². The number of aryl methyl sites for hydroxylation is 1. The highest BCUT2D eigenvalue weighted by Crippen LogP contribution is 2.29. The maximum absolute atomic E-state index is 10.6. The van der Waals surface area contributed by atoms with E-state index in [1.807, 2.05) is 37.0 Å². The number of rotatable bonds is 5. The molecule has 0 fully saturated rings. The molecule has 0 saturated carbocycles. The lowest BCUT2D eigenvalue weighted by atomic mass is 9.97. The summed E-state index contributed by atoms with van der Waals surface area (Å²) in [6, 6.07) is 3.96. The van der Waals surface area contributed by atoms with E-state index in [1.165, 1.54) is 11.3 Å². The Balaban J connectivity index is 0.000000343. The molecule has 9 nitrogen and oxygen atoms in total. The number of alkyl halides is 6. The average molecular weight is 503 g/mol. The fraction of sp³-hybridized carbons (Fsp3) is 0.526. The summed E-state index contributed by atoms with van der Waals surface area (Å²) in [5.41, 5.74) is 2.61. The summed E-state index contributed by atoms with van der Waals surface area (Å²) in [6.45, 7) is 6.27. The predicted octanol–water partition coefficient (Wildman–Crippen LogP) is 3.42. The summed E-state index contributed by atoms with van der Waals surface area (Å²) in [5.74, 6) is -4.13. The number of nitrogens with zero attached hydrogens (tertiary/aromatic N) is 3. The second-order valence-corrected chi connectivity index (χ2v) is 6.89. The SMILES string of the molecule is CCOCC1CN(Cc2ccco2)Cc2cnn(C)c21.O=C(O)C(F)(F)F.O=C(O)C(F)(F)F. The molecule has 2 aromatic heterocycles. The van der Waals surface area contributed by atoms with Crippen molar-refractivity contribution in [1.29, 1.82) is 0 Å². The quantitative estimate of drug-likeness (QED) is 0.597. The van der Waals surface area contributed by atoms with Crippen molar-refractivity contribution in [3.63, 3.8) is 0 Å². The number of halogens is 6. The largest absolute Gasteiger partial charge is 0.490 e. The van der Waals surface area contributed by atoms with E-state index in [0.717, 1.165) is 38.6 Å². The maximum atomic E-state index is 10.6. The van der Waals surface area contributed by atoms with E-state index in [4.69, 9.17) is 29.0 Å². The van der Waals surface area contributed by atoms with Gasteiger partial charge in [0.25, 0.3) is 0 Å². The van der Waals surface area contributed by atoms with Crippen molar-refractivity contribution >= 4 is 11.9 Å². The molecule has 2 N–H and O–H groups in total. The zero-order chi connectivity index (χ0) is 26.1. The van der Waals surface area contributed by atoms with E-state index >= 15 is 0 Å². The highest BCUT2D eigenvalue weighted by Gasteiger charge is 2.38. The summed E-state index contributed by atoms with van der Waals surface area (Å²) in [6.07, 6.45) is -6.46. The Kier molecular flexibility index (Phi) is 10.6. The van der Waals surface area contributed by atoms with Gasteiger partial charge in [0.1, 0.15) is 5.76 Å². The minimum Gasteiger partial charge on any atom is -0.475 e. The van der Waals surface area contributed by atoms with Crippen molar-refractivity contribution in [2.45, 2.75) is 38.3 Å². The molecule has 2 aromatic rings. The summed E-state index contributed by atoms with van der Waals surface area (Å²) in [4.78, 5) is 20.2. The van der Waals surface area contributed by atoms with Crippen LogP contribution in [-0.2, 0) is 34.5 Å². The van der Waals surface area contributed by atoms with Gasteiger partial charge >= 0.3 is 24.3 Å². The highest BCUT2D eigenvalue weighted by molar-refractivity contribution is 5.73. The van der Waals surface area contributed by atoms with Crippen LogP contribution in [0.2, 0.25) is 0 Å². The number of fused-ring (bicyclic) bond motifs is 1. The lowest BCUT2D eigenvalue weighted by Crippen LogP contribution is -2.35. The zero-order valence-electron chi connectivity index (χ0n) is 18.1. The standard InChI is InChI=1S/C15H21N3O2.2C2HF3O2/c1-3-19-11-13-9-18(10-14-5-4-6-20-14)8-12-7-16-17(2)15(12)13;2*3-2(4,5)1(6)7/h4-7,13H,3,8-11H2,1-2H3;2*(H,6,7). The monoisotopic (exact) mass is 503 g/mol. The number of carboxylic acids is 2. The van der Waals surface area contributed by atoms with Gasteiger partial charge in [0.2, 0.25) is 0 Å². The van der Waals surface area contributed by atoms with Crippen LogP contribution in [0.1, 0.15) is 29.9 Å². The molecular weight excluding hydrogens is 480 g/mol. The summed E-state index contributed by atoms with van der Waals surface area (Å²) in [7, 11) is 2.01. The van der Waals surface area contributed by atoms with Crippen molar-refractivity contribution in [3.05, 3.63) is 41.6 Å². The van der Waals surface area contributed by atoms with E-state index in [1.54, 1.807) is 6.26 Å². The number of furan rings is 1. The molecule has 3 heterocycles. The third-order valence-electron chi connectivity index (χ3n) is 4.29. The van der Waals surface area contributed by atoms with Gasteiger partial charge in [-0.25, -0.2) is 9.59 Å². The Labute approximate surface area is 189 Å². The van der Waals surface area contributed by atoms with Crippen molar-refractivity contribution in [1.82, 2.24) is 14.7 Å². The molecule has 0 aliphatic carbocycles. The number of carbonyl (C=O) groups is 2. The number of ether oxygens (including phenoxy) is 1. The summed E-state index contributed by atoms with van der Waals surface area (Å²) >= 11 is 0.